The molecule has 1 aliphatic heterocycles. The molecular formula is C13H21BrN4O. The Labute approximate surface area is 122 Å². The van der Waals surface area contributed by atoms with Gasteiger partial charge < -0.3 is 4.90 Å². The van der Waals surface area contributed by atoms with Gasteiger partial charge in [0.25, 0.3) is 5.56 Å². The number of rotatable bonds is 2. The van der Waals surface area contributed by atoms with E-state index in [1.807, 2.05) is 0 Å². The largest absolute Gasteiger partial charge is 0.367 e. The molecule has 0 aromatic carbocycles. The van der Waals surface area contributed by atoms with Crippen molar-refractivity contribution >= 4 is 21.6 Å². The van der Waals surface area contributed by atoms with Gasteiger partial charge in [0, 0.05) is 32.7 Å². The zero-order valence-electron chi connectivity index (χ0n) is 11.7. The van der Waals surface area contributed by atoms with Crippen molar-refractivity contribution in [3.8, 4) is 0 Å². The summed E-state index contributed by atoms with van der Waals surface area (Å²) >= 11 is 3.34. The van der Waals surface area contributed by atoms with Crippen molar-refractivity contribution < 1.29 is 0 Å². The minimum Gasteiger partial charge on any atom is -0.367 e. The van der Waals surface area contributed by atoms with Crippen LogP contribution in [0.4, 0.5) is 5.69 Å². The van der Waals surface area contributed by atoms with E-state index in [1.54, 1.807) is 6.20 Å². The number of aromatic nitrogens is 2. The molecule has 0 radical (unpaired) electrons. The number of anilines is 1. The summed E-state index contributed by atoms with van der Waals surface area (Å²) in [6.07, 6.45) is 1.71. The zero-order valence-corrected chi connectivity index (χ0v) is 13.3. The molecule has 6 heteroatoms. The summed E-state index contributed by atoms with van der Waals surface area (Å²) in [4.78, 5) is 16.2. The van der Waals surface area contributed by atoms with Gasteiger partial charge in [-0.25, -0.2) is 5.10 Å². The van der Waals surface area contributed by atoms with Gasteiger partial charge in [-0.15, -0.1) is 0 Å². The Morgan fingerprint density at radius 2 is 1.95 bits per heavy atom. The summed E-state index contributed by atoms with van der Waals surface area (Å²) in [6.45, 7) is 11.8. The number of hydrogen-bond donors (Lipinski definition) is 1. The maximum Gasteiger partial charge on any atom is 0.280 e. The molecule has 0 spiro atoms. The van der Waals surface area contributed by atoms with Crippen LogP contribution in [0.25, 0.3) is 0 Å². The number of aromatic amines is 1. The molecule has 2 heterocycles. The fraction of sp³-hybridized carbons (Fsp3) is 0.692. The van der Waals surface area contributed by atoms with Crippen LogP contribution < -0.4 is 10.5 Å². The zero-order chi connectivity index (χ0) is 14.0. The number of nitrogens with one attached hydrogen (secondary N) is 1. The molecule has 19 heavy (non-hydrogen) atoms. The minimum atomic E-state index is -0.172. The average Bonchev–Trinajstić information content (AvgIpc) is 2.32. The molecule has 5 nitrogen and oxygen atoms in total. The lowest BCUT2D eigenvalue weighted by Crippen LogP contribution is -2.49. The summed E-state index contributed by atoms with van der Waals surface area (Å²) in [6, 6.07) is 0. The van der Waals surface area contributed by atoms with Crippen molar-refractivity contribution in [3.05, 3.63) is 21.0 Å². The average molecular weight is 329 g/mol. The van der Waals surface area contributed by atoms with Crippen LogP contribution >= 0.6 is 15.9 Å². The Bertz CT molecular complexity index is 486. The van der Waals surface area contributed by atoms with Gasteiger partial charge in [-0.05, 0) is 21.3 Å². The van der Waals surface area contributed by atoms with Gasteiger partial charge in [-0.1, -0.05) is 20.8 Å². The van der Waals surface area contributed by atoms with Crippen molar-refractivity contribution in [1.82, 2.24) is 15.1 Å². The molecule has 1 aromatic heterocycles. The van der Waals surface area contributed by atoms with Crippen LogP contribution in [0.2, 0.25) is 0 Å². The standard InChI is InChI=1S/C13H21BrN4O/c1-13(2,3)9-17-4-6-18(7-5-17)10-8-15-16-12(19)11(10)14/h8H,4-7,9H2,1-3H3,(H,16,19). The van der Waals surface area contributed by atoms with Crippen LogP contribution in [0.3, 0.4) is 0 Å². The molecule has 2 rings (SSSR count). The molecule has 0 saturated carbocycles. The molecule has 0 bridgehead atoms. The monoisotopic (exact) mass is 328 g/mol. The highest BCUT2D eigenvalue weighted by Gasteiger charge is 2.23. The highest BCUT2D eigenvalue weighted by atomic mass is 79.9. The molecule has 1 N–H and O–H groups in total. The number of halogens is 1. The normalized spacial score (nSPS) is 17.8. The van der Waals surface area contributed by atoms with Crippen LogP contribution in [0.5, 0.6) is 0 Å². The fourth-order valence-corrected chi connectivity index (χ4v) is 2.85. The summed E-state index contributed by atoms with van der Waals surface area (Å²) in [5, 5.41) is 6.31. The predicted molar refractivity (Wildman–Crippen MR) is 80.7 cm³/mol. The third kappa shape index (κ3) is 3.79. The number of nitrogens with zero attached hydrogens (tertiary/aromatic N) is 3. The van der Waals surface area contributed by atoms with Gasteiger partial charge >= 0.3 is 0 Å². The topological polar surface area (TPSA) is 52.2 Å². The van der Waals surface area contributed by atoms with Crippen LogP contribution in [0, 0.1) is 5.41 Å². The molecule has 0 amide bonds. The molecule has 1 fully saturated rings. The molecule has 0 atom stereocenters. The minimum absolute atomic E-state index is 0.172. The maximum atomic E-state index is 11.5. The number of H-pyrrole nitrogens is 1. The molecule has 1 saturated heterocycles. The second kappa shape index (κ2) is 5.63. The Kier molecular flexibility index (Phi) is 4.30. The number of piperazine rings is 1. The Morgan fingerprint density at radius 3 is 2.53 bits per heavy atom. The van der Waals surface area contributed by atoms with Gasteiger partial charge in [0.15, 0.2) is 0 Å². The van der Waals surface area contributed by atoms with E-state index in [0.29, 0.717) is 9.89 Å². The Morgan fingerprint density at radius 1 is 1.32 bits per heavy atom. The van der Waals surface area contributed by atoms with Crippen molar-refractivity contribution in [2.24, 2.45) is 5.41 Å². The van der Waals surface area contributed by atoms with E-state index in [4.69, 9.17) is 0 Å². The maximum absolute atomic E-state index is 11.5. The second-order valence-corrected chi connectivity index (χ2v) is 7.02. The van der Waals surface area contributed by atoms with E-state index in [1.165, 1.54) is 0 Å². The van der Waals surface area contributed by atoms with Crippen LogP contribution in [0.1, 0.15) is 20.8 Å². The summed E-state index contributed by atoms with van der Waals surface area (Å²) in [5.74, 6) is 0. The van der Waals surface area contributed by atoms with Crippen molar-refractivity contribution in [1.29, 1.82) is 0 Å². The summed E-state index contributed by atoms with van der Waals surface area (Å²) in [5.41, 5.74) is 1.04. The third-order valence-corrected chi connectivity index (χ3v) is 3.95. The third-order valence-electron chi connectivity index (χ3n) is 3.19. The smallest absolute Gasteiger partial charge is 0.280 e. The molecular weight excluding hydrogens is 308 g/mol. The van der Waals surface area contributed by atoms with Gasteiger partial charge in [-0.2, -0.15) is 5.10 Å². The van der Waals surface area contributed by atoms with Crippen molar-refractivity contribution in [2.75, 3.05) is 37.6 Å². The SMILES string of the molecule is CC(C)(C)CN1CCN(c2cn[nH]c(=O)c2Br)CC1. The summed E-state index contributed by atoms with van der Waals surface area (Å²) < 4.78 is 0.576. The lowest BCUT2D eigenvalue weighted by Gasteiger charge is -2.38. The van der Waals surface area contributed by atoms with E-state index in [0.717, 1.165) is 38.4 Å². The van der Waals surface area contributed by atoms with Crippen LogP contribution in [0.15, 0.2) is 15.5 Å². The fourth-order valence-electron chi connectivity index (χ4n) is 2.41. The van der Waals surface area contributed by atoms with E-state index < -0.39 is 0 Å². The lowest BCUT2D eigenvalue weighted by molar-refractivity contribution is 0.182. The highest BCUT2D eigenvalue weighted by molar-refractivity contribution is 9.10. The lowest BCUT2D eigenvalue weighted by atomic mass is 9.96. The Hall–Kier alpha value is -0.880. The molecule has 0 unspecified atom stereocenters. The van der Waals surface area contributed by atoms with Crippen LogP contribution in [-0.4, -0.2) is 47.8 Å². The van der Waals surface area contributed by atoms with E-state index >= 15 is 0 Å². The van der Waals surface area contributed by atoms with Gasteiger partial charge in [0.1, 0.15) is 4.47 Å². The first-order chi connectivity index (χ1) is 8.87. The first kappa shape index (κ1) is 14.5. The molecule has 1 aromatic rings. The molecule has 1 aliphatic rings. The van der Waals surface area contributed by atoms with E-state index in [9.17, 15) is 4.79 Å². The Balaban J connectivity index is 2.00. The van der Waals surface area contributed by atoms with Crippen molar-refractivity contribution in [2.45, 2.75) is 20.8 Å². The highest BCUT2D eigenvalue weighted by Crippen LogP contribution is 2.23. The first-order valence-electron chi connectivity index (χ1n) is 6.57. The van der Waals surface area contributed by atoms with Crippen molar-refractivity contribution in [3.63, 3.8) is 0 Å². The van der Waals surface area contributed by atoms with E-state index in [2.05, 4.69) is 56.7 Å². The quantitative estimate of drug-likeness (QED) is 0.897. The molecule has 106 valence electrons. The van der Waals surface area contributed by atoms with Gasteiger partial charge in [0.2, 0.25) is 0 Å². The van der Waals surface area contributed by atoms with Gasteiger partial charge in [-0.3, -0.25) is 9.69 Å². The predicted octanol–water partition coefficient (Wildman–Crippen LogP) is 1.70. The second-order valence-electron chi connectivity index (χ2n) is 6.22. The molecule has 0 aliphatic carbocycles. The van der Waals surface area contributed by atoms with E-state index in [-0.39, 0.29) is 5.56 Å². The number of hydrogen-bond acceptors (Lipinski definition) is 4. The summed E-state index contributed by atoms with van der Waals surface area (Å²) in [7, 11) is 0. The first-order valence-corrected chi connectivity index (χ1v) is 7.36. The van der Waals surface area contributed by atoms with Crippen LogP contribution in [-0.2, 0) is 0 Å². The van der Waals surface area contributed by atoms with Gasteiger partial charge in [0.05, 0.1) is 11.9 Å².